The Morgan fingerprint density at radius 3 is 2.22 bits per heavy atom. The maximum Gasteiger partial charge on any atom is 0.255 e. The number of anilines is 1. The van der Waals surface area contributed by atoms with Gasteiger partial charge in [-0.2, -0.15) is 0 Å². The molecule has 0 aromatic heterocycles. The van der Waals surface area contributed by atoms with Crippen LogP contribution < -0.4 is 10.6 Å². The van der Waals surface area contributed by atoms with Gasteiger partial charge in [0.1, 0.15) is 0 Å². The van der Waals surface area contributed by atoms with Crippen LogP contribution in [-0.4, -0.2) is 18.4 Å². The van der Waals surface area contributed by atoms with Crippen molar-refractivity contribution in [1.82, 2.24) is 5.32 Å². The maximum atomic E-state index is 12.2. The van der Waals surface area contributed by atoms with Gasteiger partial charge in [-0.15, -0.1) is 0 Å². The predicted molar refractivity (Wildman–Crippen MR) is 92.8 cm³/mol. The molecule has 0 fully saturated rings. The van der Waals surface area contributed by atoms with Crippen molar-refractivity contribution in [3.8, 4) is 0 Å². The van der Waals surface area contributed by atoms with Crippen molar-refractivity contribution in [2.75, 3.05) is 11.9 Å². The molecule has 2 aromatic rings. The molecule has 2 aromatic carbocycles. The third-order valence-electron chi connectivity index (χ3n) is 3.50. The third-order valence-corrected chi connectivity index (χ3v) is 3.50. The van der Waals surface area contributed by atoms with Gasteiger partial charge in [0.15, 0.2) is 0 Å². The summed E-state index contributed by atoms with van der Waals surface area (Å²) in [7, 11) is 0. The number of carbonyl (C=O) groups excluding carboxylic acids is 2. The molecule has 0 aliphatic carbocycles. The van der Waals surface area contributed by atoms with E-state index in [-0.39, 0.29) is 11.8 Å². The average molecular weight is 310 g/mol. The Labute approximate surface area is 136 Å². The van der Waals surface area contributed by atoms with Crippen molar-refractivity contribution in [2.24, 2.45) is 0 Å². The molecule has 4 nitrogen and oxygen atoms in total. The summed E-state index contributed by atoms with van der Waals surface area (Å²) in [6.07, 6.45) is 2.00. The van der Waals surface area contributed by atoms with Gasteiger partial charge in [0.2, 0.25) is 0 Å². The van der Waals surface area contributed by atoms with Gasteiger partial charge >= 0.3 is 0 Å². The average Bonchev–Trinajstić information content (AvgIpc) is 2.55. The molecule has 0 saturated heterocycles. The monoisotopic (exact) mass is 310 g/mol. The molecule has 0 saturated carbocycles. The van der Waals surface area contributed by atoms with Crippen molar-refractivity contribution in [2.45, 2.75) is 26.7 Å². The molecule has 2 N–H and O–H groups in total. The fourth-order valence-electron chi connectivity index (χ4n) is 2.18. The normalized spacial score (nSPS) is 10.2. The van der Waals surface area contributed by atoms with Gasteiger partial charge in [-0.25, -0.2) is 0 Å². The smallest absolute Gasteiger partial charge is 0.255 e. The van der Waals surface area contributed by atoms with Crippen LogP contribution in [0.2, 0.25) is 0 Å². The van der Waals surface area contributed by atoms with Crippen LogP contribution in [0.3, 0.4) is 0 Å². The number of benzene rings is 2. The molecular formula is C19H22N2O2. The fraction of sp³-hybridized carbons (Fsp3) is 0.263. The molecule has 4 heteroatoms. The lowest BCUT2D eigenvalue weighted by atomic mass is 10.1. The van der Waals surface area contributed by atoms with E-state index in [1.807, 2.05) is 31.2 Å². The Morgan fingerprint density at radius 1 is 0.957 bits per heavy atom. The predicted octanol–water partition coefficient (Wildman–Crippen LogP) is 3.78. The minimum absolute atomic E-state index is 0.107. The summed E-state index contributed by atoms with van der Waals surface area (Å²) in [6, 6.07) is 14.3. The number of amides is 2. The molecule has 0 spiro atoms. The summed E-state index contributed by atoms with van der Waals surface area (Å²) in [5.41, 5.74) is 2.93. The van der Waals surface area contributed by atoms with E-state index in [0.717, 1.165) is 24.1 Å². The number of aryl methyl sites for hydroxylation is 1. The Kier molecular flexibility index (Phi) is 5.92. The van der Waals surface area contributed by atoms with Gasteiger partial charge in [-0.05, 0) is 55.3 Å². The molecule has 0 bridgehead atoms. The quantitative estimate of drug-likeness (QED) is 0.798. The van der Waals surface area contributed by atoms with Crippen molar-refractivity contribution >= 4 is 17.5 Å². The van der Waals surface area contributed by atoms with Crippen LogP contribution in [0.15, 0.2) is 48.5 Å². The number of rotatable bonds is 6. The standard InChI is InChI=1S/C19H22N2O2/c1-3-4-12-20-18(22)15-8-10-16(11-9-15)19(23)21-17-7-5-6-14(2)13-17/h5-11,13H,3-4,12H2,1-2H3,(H,20,22)(H,21,23). The molecule has 2 rings (SSSR count). The van der Waals surface area contributed by atoms with Gasteiger partial charge in [0, 0.05) is 23.4 Å². The van der Waals surface area contributed by atoms with E-state index < -0.39 is 0 Å². The van der Waals surface area contributed by atoms with E-state index >= 15 is 0 Å². The summed E-state index contributed by atoms with van der Waals surface area (Å²) in [6.45, 7) is 4.72. The topological polar surface area (TPSA) is 58.2 Å². The molecule has 0 heterocycles. The third kappa shape index (κ3) is 4.95. The van der Waals surface area contributed by atoms with Crippen molar-refractivity contribution in [3.63, 3.8) is 0 Å². The molecular weight excluding hydrogens is 288 g/mol. The number of unbranched alkanes of at least 4 members (excludes halogenated alkanes) is 1. The van der Waals surface area contributed by atoms with Crippen LogP contribution in [-0.2, 0) is 0 Å². The maximum absolute atomic E-state index is 12.2. The Bertz CT molecular complexity index is 678. The first-order valence-electron chi connectivity index (χ1n) is 7.86. The van der Waals surface area contributed by atoms with Crippen LogP contribution in [0.25, 0.3) is 0 Å². The molecule has 23 heavy (non-hydrogen) atoms. The molecule has 2 amide bonds. The summed E-state index contributed by atoms with van der Waals surface area (Å²) in [5.74, 6) is -0.294. The van der Waals surface area contributed by atoms with Gasteiger partial charge in [-0.3, -0.25) is 9.59 Å². The molecule has 0 aliphatic heterocycles. The van der Waals surface area contributed by atoms with E-state index in [1.165, 1.54) is 0 Å². The van der Waals surface area contributed by atoms with E-state index in [9.17, 15) is 9.59 Å². The second-order valence-electron chi connectivity index (χ2n) is 5.51. The Hall–Kier alpha value is -2.62. The molecule has 0 unspecified atom stereocenters. The number of hydrogen-bond acceptors (Lipinski definition) is 2. The highest BCUT2D eigenvalue weighted by molar-refractivity contribution is 6.05. The van der Waals surface area contributed by atoms with Crippen LogP contribution in [0.1, 0.15) is 46.0 Å². The van der Waals surface area contributed by atoms with E-state index in [1.54, 1.807) is 24.3 Å². The van der Waals surface area contributed by atoms with E-state index in [4.69, 9.17) is 0 Å². The van der Waals surface area contributed by atoms with Crippen LogP contribution in [0, 0.1) is 6.92 Å². The second-order valence-corrected chi connectivity index (χ2v) is 5.51. The van der Waals surface area contributed by atoms with Gasteiger partial charge in [-0.1, -0.05) is 25.5 Å². The van der Waals surface area contributed by atoms with Crippen molar-refractivity contribution in [3.05, 3.63) is 65.2 Å². The summed E-state index contributed by atoms with van der Waals surface area (Å²) in [4.78, 5) is 24.1. The number of hydrogen-bond donors (Lipinski definition) is 2. The lowest BCUT2D eigenvalue weighted by Crippen LogP contribution is -2.24. The van der Waals surface area contributed by atoms with Crippen LogP contribution >= 0.6 is 0 Å². The highest BCUT2D eigenvalue weighted by atomic mass is 16.2. The van der Waals surface area contributed by atoms with Crippen molar-refractivity contribution < 1.29 is 9.59 Å². The first-order chi connectivity index (χ1) is 11.1. The van der Waals surface area contributed by atoms with Crippen molar-refractivity contribution in [1.29, 1.82) is 0 Å². The van der Waals surface area contributed by atoms with E-state index in [2.05, 4.69) is 17.6 Å². The summed E-state index contributed by atoms with van der Waals surface area (Å²) in [5, 5.41) is 5.71. The number of nitrogens with one attached hydrogen (secondary N) is 2. The molecule has 0 radical (unpaired) electrons. The summed E-state index contributed by atoms with van der Waals surface area (Å²) >= 11 is 0. The Balaban J connectivity index is 1.98. The first kappa shape index (κ1) is 16.7. The molecule has 0 atom stereocenters. The zero-order valence-corrected chi connectivity index (χ0v) is 13.6. The highest BCUT2D eigenvalue weighted by Crippen LogP contribution is 2.12. The lowest BCUT2D eigenvalue weighted by Gasteiger charge is -2.07. The largest absolute Gasteiger partial charge is 0.352 e. The lowest BCUT2D eigenvalue weighted by molar-refractivity contribution is 0.0951. The number of carbonyl (C=O) groups is 2. The van der Waals surface area contributed by atoms with E-state index in [0.29, 0.717) is 17.7 Å². The first-order valence-corrected chi connectivity index (χ1v) is 7.86. The van der Waals surface area contributed by atoms with Gasteiger partial charge < -0.3 is 10.6 Å². The van der Waals surface area contributed by atoms with Crippen LogP contribution in [0.4, 0.5) is 5.69 Å². The highest BCUT2D eigenvalue weighted by Gasteiger charge is 2.09. The summed E-state index contributed by atoms with van der Waals surface area (Å²) < 4.78 is 0. The minimum Gasteiger partial charge on any atom is -0.352 e. The zero-order valence-electron chi connectivity index (χ0n) is 13.6. The minimum atomic E-state index is -0.187. The zero-order chi connectivity index (χ0) is 16.7. The van der Waals surface area contributed by atoms with Gasteiger partial charge in [0.05, 0.1) is 0 Å². The Morgan fingerprint density at radius 2 is 1.61 bits per heavy atom. The van der Waals surface area contributed by atoms with Gasteiger partial charge in [0.25, 0.3) is 11.8 Å². The molecule has 120 valence electrons. The van der Waals surface area contributed by atoms with Crippen LogP contribution in [0.5, 0.6) is 0 Å². The second kappa shape index (κ2) is 8.13. The fourth-order valence-corrected chi connectivity index (χ4v) is 2.18. The SMILES string of the molecule is CCCCNC(=O)c1ccc(C(=O)Nc2cccc(C)c2)cc1. The molecule has 0 aliphatic rings.